The SMILES string of the molecule is CC(C)CC(NC(Cc1c[nH]c(Cc2ccccc2)n1)C(=O)O)C(=O)O. The Bertz CT molecular complexity index is 727. The fourth-order valence-electron chi connectivity index (χ4n) is 2.77. The third-order valence-corrected chi connectivity index (χ3v) is 4.02. The van der Waals surface area contributed by atoms with Crippen LogP contribution in [-0.4, -0.2) is 44.2 Å². The highest BCUT2D eigenvalue weighted by atomic mass is 16.4. The summed E-state index contributed by atoms with van der Waals surface area (Å²) in [5.74, 6) is -1.25. The molecule has 0 bridgehead atoms. The molecule has 2 aromatic rings. The molecule has 0 radical (unpaired) electrons. The second kappa shape index (κ2) is 9.15. The van der Waals surface area contributed by atoms with Gasteiger partial charge in [-0.1, -0.05) is 44.2 Å². The molecule has 1 heterocycles. The Hall–Kier alpha value is -2.67. The number of aliphatic carboxylic acids is 2. The zero-order chi connectivity index (χ0) is 19.1. The molecule has 0 aliphatic rings. The van der Waals surface area contributed by atoms with E-state index in [2.05, 4.69) is 15.3 Å². The quantitative estimate of drug-likeness (QED) is 0.516. The van der Waals surface area contributed by atoms with E-state index in [1.165, 1.54) is 0 Å². The van der Waals surface area contributed by atoms with E-state index in [1.54, 1.807) is 6.20 Å². The first-order chi connectivity index (χ1) is 12.3. The number of rotatable bonds is 10. The van der Waals surface area contributed by atoms with Gasteiger partial charge in [-0.3, -0.25) is 14.9 Å². The minimum absolute atomic E-state index is 0.114. The molecule has 0 saturated heterocycles. The summed E-state index contributed by atoms with van der Waals surface area (Å²) in [6, 6.07) is 7.91. The first-order valence-electron chi connectivity index (χ1n) is 8.64. The van der Waals surface area contributed by atoms with E-state index in [0.717, 1.165) is 11.4 Å². The van der Waals surface area contributed by atoms with Crippen molar-refractivity contribution in [2.45, 2.75) is 45.2 Å². The monoisotopic (exact) mass is 359 g/mol. The van der Waals surface area contributed by atoms with E-state index in [9.17, 15) is 19.8 Å². The smallest absolute Gasteiger partial charge is 0.321 e. The minimum Gasteiger partial charge on any atom is -0.480 e. The fraction of sp³-hybridized carbons (Fsp3) is 0.421. The molecular weight excluding hydrogens is 334 g/mol. The number of nitrogens with one attached hydrogen (secondary N) is 2. The number of imidazole rings is 1. The molecule has 0 spiro atoms. The third kappa shape index (κ3) is 6.00. The molecule has 0 amide bonds. The predicted octanol–water partition coefficient (Wildman–Crippen LogP) is 2.09. The molecule has 0 fully saturated rings. The van der Waals surface area contributed by atoms with E-state index >= 15 is 0 Å². The fourth-order valence-corrected chi connectivity index (χ4v) is 2.77. The van der Waals surface area contributed by atoms with Crippen LogP contribution in [0.1, 0.15) is 37.4 Å². The highest BCUT2D eigenvalue weighted by Crippen LogP contribution is 2.10. The molecule has 7 nitrogen and oxygen atoms in total. The molecule has 140 valence electrons. The Labute approximate surface area is 152 Å². The van der Waals surface area contributed by atoms with E-state index in [-0.39, 0.29) is 12.3 Å². The van der Waals surface area contributed by atoms with Gasteiger partial charge in [-0.2, -0.15) is 0 Å². The molecule has 26 heavy (non-hydrogen) atoms. The second-order valence-electron chi connectivity index (χ2n) is 6.78. The molecule has 2 atom stereocenters. The molecule has 0 aliphatic carbocycles. The molecule has 2 unspecified atom stereocenters. The van der Waals surface area contributed by atoms with Gasteiger partial charge in [0.25, 0.3) is 0 Å². The van der Waals surface area contributed by atoms with Crippen LogP contribution in [0.25, 0.3) is 0 Å². The summed E-state index contributed by atoms with van der Waals surface area (Å²) in [6.45, 7) is 3.80. The largest absolute Gasteiger partial charge is 0.480 e. The van der Waals surface area contributed by atoms with E-state index in [1.807, 2.05) is 44.2 Å². The Morgan fingerprint density at radius 1 is 1.12 bits per heavy atom. The number of benzene rings is 1. The summed E-state index contributed by atoms with van der Waals surface area (Å²) >= 11 is 0. The average molecular weight is 359 g/mol. The van der Waals surface area contributed by atoms with E-state index in [4.69, 9.17) is 0 Å². The maximum absolute atomic E-state index is 11.6. The van der Waals surface area contributed by atoms with Gasteiger partial charge in [0, 0.05) is 19.0 Å². The number of carboxylic acid groups (broad SMARTS) is 2. The van der Waals surface area contributed by atoms with Gasteiger partial charge in [-0.15, -0.1) is 0 Å². The Balaban J connectivity index is 2.03. The van der Waals surface area contributed by atoms with Crippen LogP contribution >= 0.6 is 0 Å². The van der Waals surface area contributed by atoms with Crippen LogP contribution in [0.3, 0.4) is 0 Å². The van der Waals surface area contributed by atoms with Crippen LogP contribution in [0, 0.1) is 5.92 Å². The molecule has 0 saturated carbocycles. The number of aromatic nitrogens is 2. The average Bonchev–Trinajstić information content (AvgIpc) is 3.00. The van der Waals surface area contributed by atoms with Crippen LogP contribution in [0.4, 0.5) is 0 Å². The van der Waals surface area contributed by atoms with E-state index in [0.29, 0.717) is 18.5 Å². The molecular formula is C19H25N3O4. The number of hydrogen-bond acceptors (Lipinski definition) is 4. The zero-order valence-electron chi connectivity index (χ0n) is 15.0. The van der Waals surface area contributed by atoms with Crippen LogP contribution in [-0.2, 0) is 22.4 Å². The van der Waals surface area contributed by atoms with Crippen molar-refractivity contribution in [1.82, 2.24) is 15.3 Å². The Morgan fingerprint density at radius 3 is 2.35 bits per heavy atom. The lowest BCUT2D eigenvalue weighted by Gasteiger charge is -2.21. The van der Waals surface area contributed by atoms with Crippen LogP contribution < -0.4 is 5.32 Å². The van der Waals surface area contributed by atoms with Crippen LogP contribution in [0.2, 0.25) is 0 Å². The van der Waals surface area contributed by atoms with Crippen molar-refractivity contribution >= 4 is 11.9 Å². The highest BCUT2D eigenvalue weighted by molar-refractivity contribution is 5.77. The first kappa shape index (κ1) is 19.7. The molecule has 4 N–H and O–H groups in total. The van der Waals surface area contributed by atoms with Gasteiger partial charge < -0.3 is 15.2 Å². The van der Waals surface area contributed by atoms with Crippen molar-refractivity contribution in [1.29, 1.82) is 0 Å². The summed E-state index contributed by atoms with van der Waals surface area (Å²) in [4.78, 5) is 30.4. The van der Waals surface area contributed by atoms with Crippen LogP contribution in [0.15, 0.2) is 36.5 Å². The van der Waals surface area contributed by atoms with E-state index < -0.39 is 24.0 Å². The van der Waals surface area contributed by atoms with Crippen molar-refractivity contribution in [3.05, 3.63) is 53.6 Å². The van der Waals surface area contributed by atoms with Crippen molar-refractivity contribution in [2.75, 3.05) is 0 Å². The first-order valence-corrected chi connectivity index (χ1v) is 8.64. The maximum Gasteiger partial charge on any atom is 0.321 e. The van der Waals surface area contributed by atoms with Gasteiger partial charge in [0.05, 0.1) is 5.69 Å². The van der Waals surface area contributed by atoms with Gasteiger partial charge in [0.15, 0.2) is 0 Å². The van der Waals surface area contributed by atoms with Crippen LogP contribution in [0.5, 0.6) is 0 Å². The highest BCUT2D eigenvalue weighted by Gasteiger charge is 2.27. The minimum atomic E-state index is -1.09. The summed E-state index contributed by atoms with van der Waals surface area (Å²) in [5.41, 5.74) is 1.69. The molecule has 1 aromatic heterocycles. The molecule has 7 heteroatoms. The molecule has 0 aliphatic heterocycles. The van der Waals surface area contributed by atoms with Crippen molar-refractivity contribution in [3.63, 3.8) is 0 Å². The van der Waals surface area contributed by atoms with Gasteiger partial charge in [-0.25, -0.2) is 4.98 Å². The number of nitrogens with zero attached hydrogens (tertiary/aromatic N) is 1. The standard InChI is InChI=1S/C19H25N3O4/c1-12(2)8-15(18(23)24)22-16(19(25)26)10-14-11-20-17(21-14)9-13-6-4-3-5-7-13/h3-7,11-12,15-16,22H,8-10H2,1-2H3,(H,20,21)(H,23,24)(H,25,26). The van der Waals surface area contributed by atoms with Crippen molar-refractivity contribution in [3.8, 4) is 0 Å². The van der Waals surface area contributed by atoms with Gasteiger partial charge in [-0.05, 0) is 17.9 Å². The summed E-state index contributed by atoms with van der Waals surface area (Å²) < 4.78 is 0. The summed E-state index contributed by atoms with van der Waals surface area (Å²) in [6.07, 6.45) is 2.77. The number of hydrogen-bond donors (Lipinski definition) is 4. The Kier molecular flexibility index (Phi) is 6.91. The maximum atomic E-state index is 11.6. The lowest BCUT2D eigenvalue weighted by Crippen LogP contribution is -2.48. The lowest BCUT2D eigenvalue weighted by atomic mass is 10.0. The second-order valence-corrected chi connectivity index (χ2v) is 6.78. The zero-order valence-corrected chi connectivity index (χ0v) is 15.0. The third-order valence-electron chi connectivity index (χ3n) is 4.02. The van der Waals surface area contributed by atoms with Crippen molar-refractivity contribution in [2.24, 2.45) is 5.92 Å². The number of carboxylic acids is 2. The van der Waals surface area contributed by atoms with Gasteiger partial charge >= 0.3 is 11.9 Å². The summed E-state index contributed by atoms with van der Waals surface area (Å²) in [7, 11) is 0. The summed E-state index contributed by atoms with van der Waals surface area (Å²) in [5, 5.41) is 21.5. The predicted molar refractivity (Wildman–Crippen MR) is 97.0 cm³/mol. The molecule has 1 aromatic carbocycles. The van der Waals surface area contributed by atoms with Gasteiger partial charge in [0.1, 0.15) is 17.9 Å². The Morgan fingerprint density at radius 2 is 1.77 bits per heavy atom. The number of carbonyl (C=O) groups is 2. The van der Waals surface area contributed by atoms with Gasteiger partial charge in [0.2, 0.25) is 0 Å². The van der Waals surface area contributed by atoms with Crippen molar-refractivity contribution < 1.29 is 19.8 Å². The number of aromatic amines is 1. The lowest BCUT2D eigenvalue weighted by molar-refractivity contribution is -0.142. The topological polar surface area (TPSA) is 115 Å². The normalized spacial score (nSPS) is 13.5. The number of H-pyrrole nitrogens is 1. The molecule has 2 rings (SSSR count).